The molecule has 0 radical (unpaired) electrons. The Bertz CT molecular complexity index is 1230. The highest BCUT2D eigenvalue weighted by molar-refractivity contribution is 6.05. The lowest BCUT2D eigenvalue weighted by atomic mass is 10.0. The summed E-state index contributed by atoms with van der Waals surface area (Å²) < 4.78 is 32.1. The zero-order chi connectivity index (χ0) is 23.2. The average molecular weight is 448 g/mol. The predicted octanol–water partition coefficient (Wildman–Crippen LogP) is 5.27. The van der Waals surface area contributed by atoms with Crippen LogP contribution in [0.25, 0.3) is 5.82 Å². The number of benzene rings is 2. The number of carbonyl (C=O) groups is 1. The van der Waals surface area contributed by atoms with E-state index in [1.165, 1.54) is 12.3 Å². The number of rotatable bonds is 8. The Morgan fingerprint density at radius 1 is 1.09 bits per heavy atom. The van der Waals surface area contributed by atoms with Gasteiger partial charge in [-0.05, 0) is 42.3 Å². The summed E-state index contributed by atoms with van der Waals surface area (Å²) in [5.74, 6) is 0.346. The molecule has 0 aliphatic heterocycles. The largest absolute Gasteiger partial charge is 0.435 e. The lowest BCUT2D eigenvalue weighted by Crippen LogP contribution is -2.15. The summed E-state index contributed by atoms with van der Waals surface area (Å²) >= 11 is 0. The second-order valence-electron chi connectivity index (χ2n) is 7.28. The van der Waals surface area contributed by atoms with Crippen molar-refractivity contribution in [2.45, 2.75) is 26.4 Å². The SMILES string of the molecule is CCc1c(C(=O)Nc2ccc(OC(F)F)c(Cc3ccccc3)c2)cnn1-c1ccccn1. The van der Waals surface area contributed by atoms with E-state index in [1.807, 2.05) is 49.4 Å². The number of amides is 1. The van der Waals surface area contributed by atoms with E-state index < -0.39 is 6.61 Å². The summed E-state index contributed by atoms with van der Waals surface area (Å²) in [6.45, 7) is -1.01. The van der Waals surface area contributed by atoms with Crippen LogP contribution in [-0.2, 0) is 12.8 Å². The number of anilines is 1. The summed E-state index contributed by atoms with van der Waals surface area (Å²) in [7, 11) is 0. The van der Waals surface area contributed by atoms with Crippen LogP contribution in [-0.4, -0.2) is 27.3 Å². The minimum atomic E-state index is -2.94. The monoisotopic (exact) mass is 448 g/mol. The van der Waals surface area contributed by atoms with Crippen molar-refractivity contribution < 1.29 is 18.3 Å². The summed E-state index contributed by atoms with van der Waals surface area (Å²) in [4.78, 5) is 17.3. The van der Waals surface area contributed by atoms with Crippen molar-refractivity contribution in [3.8, 4) is 11.6 Å². The van der Waals surface area contributed by atoms with Crippen molar-refractivity contribution in [1.29, 1.82) is 0 Å². The van der Waals surface area contributed by atoms with Crippen LogP contribution in [0.4, 0.5) is 14.5 Å². The van der Waals surface area contributed by atoms with Gasteiger partial charge < -0.3 is 10.1 Å². The number of halogens is 2. The van der Waals surface area contributed by atoms with Gasteiger partial charge in [0.25, 0.3) is 5.91 Å². The molecule has 0 aliphatic rings. The molecule has 33 heavy (non-hydrogen) atoms. The molecule has 0 saturated carbocycles. The van der Waals surface area contributed by atoms with E-state index in [4.69, 9.17) is 0 Å². The van der Waals surface area contributed by atoms with Gasteiger partial charge in [-0.15, -0.1) is 0 Å². The molecule has 0 atom stereocenters. The second-order valence-corrected chi connectivity index (χ2v) is 7.28. The van der Waals surface area contributed by atoms with E-state index in [2.05, 4.69) is 20.1 Å². The number of alkyl halides is 2. The van der Waals surface area contributed by atoms with Gasteiger partial charge in [0.15, 0.2) is 5.82 Å². The molecule has 0 spiro atoms. The van der Waals surface area contributed by atoms with Crippen molar-refractivity contribution in [1.82, 2.24) is 14.8 Å². The molecule has 168 valence electrons. The van der Waals surface area contributed by atoms with Crippen molar-refractivity contribution in [2.24, 2.45) is 0 Å². The molecule has 2 aromatic carbocycles. The Morgan fingerprint density at radius 3 is 2.58 bits per heavy atom. The first-order valence-electron chi connectivity index (χ1n) is 10.5. The second kappa shape index (κ2) is 10.0. The maximum atomic E-state index is 13.0. The molecule has 0 saturated heterocycles. The fourth-order valence-electron chi connectivity index (χ4n) is 3.60. The van der Waals surface area contributed by atoms with Crippen molar-refractivity contribution in [3.05, 3.63) is 102 Å². The molecule has 0 bridgehead atoms. The van der Waals surface area contributed by atoms with E-state index >= 15 is 0 Å². The smallest absolute Gasteiger partial charge is 0.387 e. The molecule has 2 heterocycles. The Kier molecular flexibility index (Phi) is 6.73. The Morgan fingerprint density at radius 2 is 1.88 bits per heavy atom. The fraction of sp³-hybridized carbons (Fsp3) is 0.160. The Labute approximate surface area is 189 Å². The maximum Gasteiger partial charge on any atom is 0.387 e. The zero-order valence-corrected chi connectivity index (χ0v) is 17.9. The molecule has 1 N–H and O–H groups in total. The van der Waals surface area contributed by atoms with Crippen LogP contribution in [0.15, 0.2) is 79.1 Å². The number of carbonyl (C=O) groups excluding carboxylic acids is 1. The number of ether oxygens (including phenoxy) is 1. The van der Waals surface area contributed by atoms with Crippen LogP contribution in [0, 0.1) is 0 Å². The fourth-order valence-corrected chi connectivity index (χ4v) is 3.60. The molecule has 0 unspecified atom stereocenters. The van der Waals surface area contributed by atoms with E-state index in [1.54, 1.807) is 29.1 Å². The Balaban J connectivity index is 1.60. The molecular weight excluding hydrogens is 426 g/mol. The van der Waals surface area contributed by atoms with Crippen molar-refractivity contribution in [2.75, 3.05) is 5.32 Å². The molecule has 2 aromatic heterocycles. The standard InChI is InChI=1S/C25H22F2N4O2/c1-2-21-20(16-29-31(21)23-10-6-7-13-28-23)24(32)30-19-11-12-22(33-25(26)27)18(15-19)14-17-8-4-3-5-9-17/h3-13,15-16,25H,2,14H2,1H3,(H,30,32). The number of nitrogens with zero attached hydrogens (tertiary/aromatic N) is 3. The highest BCUT2D eigenvalue weighted by Crippen LogP contribution is 2.27. The lowest BCUT2D eigenvalue weighted by molar-refractivity contribution is -0.0503. The van der Waals surface area contributed by atoms with Crippen LogP contribution in [0.2, 0.25) is 0 Å². The summed E-state index contributed by atoms with van der Waals surface area (Å²) in [5.41, 5.74) is 3.08. The van der Waals surface area contributed by atoms with Crippen molar-refractivity contribution >= 4 is 11.6 Å². The predicted molar refractivity (Wildman–Crippen MR) is 121 cm³/mol. The van der Waals surface area contributed by atoms with Crippen molar-refractivity contribution in [3.63, 3.8) is 0 Å². The molecule has 0 aliphatic carbocycles. The van der Waals surface area contributed by atoms with Gasteiger partial charge in [0, 0.05) is 23.9 Å². The first-order chi connectivity index (χ1) is 16.0. The molecule has 6 nitrogen and oxygen atoms in total. The van der Waals surface area contributed by atoms with Crippen LogP contribution < -0.4 is 10.1 Å². The van der Waals surface area contributed by atoms with Crippen LogP contribution in [0.1, 0.15) is 34.1 Å². The van der Waals surface area contributed by atoms with E-state index in [0.717, 1.165) is 5.56 Å². The van der Waals surface area contributed by atoms with Gasteiger partial charge in [-0.3, -0.25) is 4.79 Å². The van der Waals surface area contributed by atoms with Gasteiger partial charge in [0.05, 0.1) is 17.5 Å². The highest BCUT2D eigenvalue weighted by atomic mass is 19.3. The van der Waals surface area contributed by atoms with Crippen LogP contribution in [0.3, 0.4) is 0 Å². The first kappa shape index (κ1) is 22.1. The number of pyridine rings is 1. The van der Waals surface area contributed by atoms with Gasteiger partial charge in [-0.1, -0.05) is 43.3 Å². The highest BCUT2D eigenvalue weighted by Gasteiger charge is 2.19. The topological polar surface area (TPSA) is 69.0 Å². The Hall–Kier alpha value is -4.07. The van der Waals surface area contributed by atoms with E-state index in [-0.39, 0.29) is 11.7 Å². The molecule has 0 fully saturated rings. The number of hydrogen-bond donors (Lipinski definition) is 1. The van der Waals surface area contributed by atoms with Crippen LogP contribution >= 0.6 is 0 Å². The quantitative estimate of drug-likeness (QED) is 0.399. The minimum absolute atomic E-state index is 0.0732. The summed E-state index contributed by atoms with van der Waals surface area (Å²) in [6.07, 6.45) is 4.11. The van der Waals surface area contributed by atoms with Gasteiger partial charge in [0.1, 0.15) is 5.75 Å². The maximum absolute atomic E-state index is 13.0. The third kappa shape index (κ3) is 5.23. The van der Waals surface area contributed by atoms with E-state index in [9.17, 15) is 13.6 Å². The molecule has 4 aromatic rings. The first-order valence-corrected chi connectivity index (χ1v) is 10.5. The normalized spacial score (nSPS) is 10.9. The van der Waals surface area contributed by atoms with E-state index in [0.29, 0.717) is 41.2 Å². The van der Waals surface area contributed by atoms with Gasteiger partial charge >= 0.3 is 6.61 Å². The van der Waals surface area contributed by atoms with Crippen LogP contribution in [0.5, 0.6) is 5.75 Å². The minimum Gasteiger partial charge on any atom is -0.435 e. The average Bonchev–Trinajstić information content (AvgIpc) is 3.26. The molecule has 1 amide bonds. The lowest BCUT2D eigenvalue weighted by Gasteiger charge is -2.14. The van der Waals surface area contributed by atoms with Gasteiger partial charge in [-0.2, -0.15) is 13.9 Å². The number of aromatic nitrogens is 3. The summed E-state index contributed by atoms with van der Waals surface area (Å²) in [5, 5.41) is 7.18. The molecule has 4 rings (SSSR count). The van der Waals surface area contributed by atoms with Gasteiger partial charge in [-0.25, -0.2) is 9.67 Å². The summed E-state index contributed by atoms with van der Waals surface area (Å²) in [6, 6.07) is 19.5. The molecule has 8 heteroatoms. The third-order valence-electron chi connectivity index (χ3n) is 5.09. The number of hydrogen-bond acceptors (Lipinski definition) is 4. The van der Waals surface area contributed by atoms with Gasteiger partial charge in [0.2, 0.25) is 0 Å². The zero-order valence-electron chi connectivity index (χ0n) is 17.9. The third-order valence-corrected chi connectivity index (χ3v) is 5.09. The number of nitrogens with one attached hydrogen (secondary N) is 1. The molecular formula is C25H22F2N4O2.